The molecule has 0 aromatic heterocycles. The van der Waals surface area contributed by atoms with Crippen LogP contribution in [0, 0.1) is 0 Å². The summed E-state index contributed by atoms with van der Waals surface area (Å²) < 4.78 is 17.3. The normalized spacial score (nSPS) is 42.8. The zero-order valence-corrected chi connectivity index (χ0v) is 26.2. The minimum atomic E-state index is -1.88. The molecule has 0 saturated carbocycles. The summed E-state index contributed by atoms with van der Waals surface area (Å²) in [7, 11) is 1.31. The van der Waals surface area contributed by atoms with Crippen molar-refractivity contribution in [2.24, 2.45) is 0 Å². The van der Waals surface area contributed by atoms with Crippen molar-refractivity contribution < 1.29 is 69.4 Å². The van der Waals surface area contributed by atoms with Gasteiger partial charge in [0.2, 0.25) is 17.7 Å². The number of carbonyl (C=O) groups excluding carboxylic acids is 3. The van der Waals surface area contributed by atoms with Crippen LogP contribution >= 0.6 is 23.5 Å². The molecule has 0 spiro atoms. The maximum Gasteiger partial charge on any atom is 0.219 e. The predicted octanol–water partition coefficient (Wildman–Crippen LogP) is -6.00. The molecule has 3 aliphatic heterocycles. The summed E-state index contributed by atoms with van der Waals surface area (Å²) in [4.78, 5) is 37.1. The van der Waals surface area contributed by atoms with Gasteiger partial charge in [-0.25, -0.2) is 0 Å². The van der Waals surface area contributed by atoms with Crippen LogP contribution in [0.15, 0.2) is 0 Å². The summed E-state index contributed by atoms with van der Waals surface area (Å²) in [6.07, 6.45) is -11.7. The fourth-order valence-corrected chi connectivity index (χ4v) is 8.61. The first-order valence-electron chi connectivity index (χ1n) is 13.9. The van der Waals surface area contributed by atoms with E-state index in [1.807, 2.05) is 0 Å². The fraction of sp³-hybridized carbons (Fsp3) is 0.880. The molecule has 3 heterocycles. The van der Waals surface area contributed by atoms with E-state index in [4.69, 9.17) is 14.2 Å². The Bertz CT molecular complexity index is 1000. The van der Waals surface area contributed by atoms with Crippen LogP contribution in [0.5, 0.6) is 0 Å². The van der Waals surface area contributed by atoms with Gasteiger partial charge in [-0.3, -0.25) is 14.4 Å². The lowest BCUT2D eigenvalue weighted by atomic mass is 9.98. The van der Waals surface area contributed by atoms with Crippen LogP contribution in [0.2, 0.25) is 0 Å². The van der Waals surface area contributed by atoms with Crippen LogP contribution in [0.3, 0.4) is 0 Å². The van der Waals surface area contributed by atoms with Gasteiger partial charge in [-0.1, -0.05) is 0 Å². The van der Waals surface area contributed by atoms with Gasteiger partial charge in [0, 0.05) is 34.1 Å². The van der Waals surface area contributed by atoms with Crippen LogP contribution in [0.25, 0.3) is 0 Å². The zero-order chi connectivity index (χ0) is 33.0. The number of thioether (sulfide) groups is 2. The molecule has 0 aliphatic carbocycles. The lowest BCUT2D eigenvalue weighted by Crippen LogP contribution is -2.68. The average Bonchev–Trinajstić information content (AvgIpc) is 2.96. The van der Waals surface area contributed by atoms with Gasteiger partial charge in [0.1, 0.15) is 29.2 Å². The Morgan fingerprint density at radius 1 is 0.705 bits per heavy atom. The second kappa shape index (κ2) is 16.0. The third-order valence-corrected chi connectivity index (χ3v) is 11.0. The number of hydrogen-bond donors (Lipinski definition) is 9. The van der Waals surface area contributed by atoms with Gasteiger partial charge in [0.25, 0.3) is 0 Å². The Labute approximate surface area is 262 Å². The molecule has 0 unspecified atom stereocenters. The molecule has 17 nitrogen and oxygen atoms in total. The first-order valence-corrected chi connectivity index (χ1v) is 15.8. The Hall–Kier alpha value is -1.33. The van der Waals surface area contributed by atoms with Crippen LogP contribution in [0.1, 0.15) is 20.8 Å². The number of ether oxygens (including phenoxy) is 3. The summed E-state index contributed by atoms with van der Waals surface area (Å²) in [6, 6.07) is -3.76. The molecule has 0 radical (unpaired) electrons. The number of carbonyl (C=O) groups is 3. The van der Waals surface area contributed by atoms with E-state index in [2.05, 4.69) is 10.6 Å². The maximum absolute atomic E-state index is 12.7. The molecule has 19 heteroatoms. The molecule has 3 rings (SSSR count). The highest BCUT2D eigenvalue weighted by Crippen LogP contribution is 2.42. The lowest BCUT2D eigenvalue weighted by molar-refractivity contribution is -0.519. The van der Waals surface area contributed by atoms with E-state index >= 15 is 0 Å². The second-order valence-electron chi connectivity index (χ2n) is 10.9. The van der Waals surface area contributed by atoms with Gasteiger partial charge in [0.15, 0.2) is 0 Å². The van der Waals surface area contributed by atoms with Crippen molar-refractivity contribution in [1.29, 1.82) is 0 Å². The molecule has 3 aliphatic rings. The van der Waals surface area contributed by atoms with Gasteiger partial charge >= 0.3 is 0 Å². The Morgan fingerprint density at radius 3 is 1.59 bits per heavy atom. The number of amides is 3. The van der Waals surface area contributed by atoms with E-state index < -0.39 is 126 Å². The molecule has 3 saturated heterocycles. The molecule has 3 amide bonds. The maximum atomic E-state index is 12.7. The van der Waals surface area contributed by atoms with Gasteiger partial charge in [-0.15, -0.1) is 23.5 Å². The van der Waals surface area contributed by atoms with E-state index in [9.17, 15) is 55.2 Å². The molecule has 44 heavy (non-hydrogen) atoms. The van der Waals surface area contributed by atoms with Crippen molar-refractivity contribution in [3.8, 4) is 0 Å². The van der Waals surface area contributed by atoms with Crippen molar-refractivity contribution in [3.63, 3.8) is 0 Å². The van der Waals surface area contributed by atoms with E-state index in [0.29, 0.717) is 0 Å². The molecule has 254 valence electrons. The second-order valence-corrected chi connectivity index (χ2v) is 13.5. The van der Waals surface area contributed by atoms with Crippen LogP contribution in [-0.4, -0.2) is 174 Å². The molecule has 0 bridgehead atoms. The largest absolute Gasteiger partial charge is 0.829 e. The number of nitrogens with one attached hydrogen (secondary N) is 2. The number of aliphatic hydroxyl groups is 7. The summed E-state index contributed by atoms with van der Waals surface area (Å²) in [5, 5.41) is 89.2. The molecule has 0 aromatic carbocycles. The predicted molar refractivity (Wildman–Crippen MR) is 151 cm³/mol. The molecule has 3 fully saturated rings. The Balaban J connectivity index is 1.91. The van der Waals surface area contributed by atoms with Crippen molar-refractivity contribution >= 4 is 41.2 Å². The quantitative estimate of drug-likeness (QED) is 0.104. The molecular weight excluding hydrogens is 630 g/mol. The Morgan fingerprint density at radius 2 is 1.14 bits per heavy atom. The SMILES string of the molecule is CC(=O)N[C@@H]1[C@@H](O)[C@H](S[C@@H]2O[C@H](CO)[C@@H](O)[C@H](O)[C@H]2NC(C)=O)[C@@H](CO)O[C@H]1S[C@H]1[C@H](O)[C@@H](N(C)C(C)=O)[C@H]([O-])O[C@@H]1CO. The first kappa shape index (κ1) is 37.1. The summed E-state index contributed by atoms with van der Waals surface area (Å²) in [6.45, 7) is 1.53. The van der Waals surface area contributed by atoms with E-state index in [1.54, 1.807) is 0 Å². The minimum absolute atomic E-state index is 0.519. The summed E-state index contributed by atoms with van der Waals surface area (Å²) in [5.74, 6) is -1.66. The molecular formula is C25H42N3O14S2-. The van der Waals surface area contributed by atoms with Gasteiger partial charge < -0.3 is 70.6 Å². The topological polar surface area (TPSA) is 271 Å². The molecule has 0 aromatic rings. The minimum Gasteiger partial charge on any atom is -0.829 e. The van der Waals surface area contributed by atoms with Gasteiger partial charge in [-0.2, -0.15) is 0 Å². The number of aliphatic hydroxyl groups excluding tert-OH is 7. The number of hydrogen-bond acceptors (Lipinski definition) is 16. The van der Waals surface area contributed by atoms with Crippen molar-refractivity contribution in [2.45, 2.75) is 109 Å². The third-order valence-electron chi connectivity index (χ3n) is 7.82. The van der Waals surface area contributed by atoms with Crippen LogP contribution < -0.4 is 15.7 Å². The van der Waals surface area contributed by atoms with E-state index in [1.165, 1.54) is 27.8 Å². The monoisotopic (exact) mass is 672 g/mol. The van der Waals surface area contributed by atoms with Gasteiger partial charge in [-0.05, 0) is 0 Å². The van der Waals surface area contributed by atoms with Gasteiger partial charge in [0.05, 0.1) is 72.9 Å². The fourth-order valence-electron chi connectivity index (χ4n) is 5.48. The number of rotatable bonds is 10. The van der Waals surface area contributed by atoms with Crippen LogP contribution in [-0.2, 0) is 28.6 Å². The highest BCUT2D eigenvalue weighted by atomic mass is 32.2. The average molecular weight is 673 g/mol. The van der Waals surface area contributed by atoms with E-state index in [0.717, 1.165) is 28.4 Å². The van der Waals surface area contributed by atoms with Crippen molar-refractivity contribution in [2.75, 3.05) is 26.9 Å². The summed E-state index contributed by atoms with van der Waals surface area (Å²) in [5.41, 5.74) is -2.36. The number of likely N-dealkylation sites (N-methyl/N-ethyl adjacent to an activating group) is 1. The number of nitrogens with zero attached hydrogens (tertiary/aromatic N) is 1. The molecule has 9 N–H and O–H groups in total. The van der Waals surface area contributed by atoms with Crippen LogP contribution in [0.4, 0.5) is 0 Å². The zero-order valence-electron chi connectivity index (χ0n) is 24.5. The van der Waals surface area contributed by atoms with Crippen molar-refractivity contribution in [1.82, 2.24) is 15.5 Å². The smallest absolute Gasteiger partial charge is 0.219 e. The standard InChI is InChI=1S/C25H42N3O14S2/c1-8(32)26-14-18(36)17(35)11(5-29)41-24(14)43-21-13(7-31)42-25(15(19(21)37)27-9(2)33)44-22-12(6-30)40-23(39)16(20(22)38)28(4)10(3)34/h11-25,29-31,35-38H,5-7H2,1-4H3,(H,26,32)(H,27,33)/q-1/t11-,12-,13-,14-,15-,16-,17-,18-,19-,20-,21-,22-,23-,24+,25+/m1/s1. The van der Waals surface area contributed by atoms with E-state index in [-0.39, 0.29) is 0 Å². The third kappa shape index (κ3) is 8.14. The summed E-state index contributed by atoms with van der Waals surface area (Å²) >= 11 is 1.66. The molecule has 15 atom stereocenters. The first-order chi connectivity index (χ1) is 20.7. The highest BCUT2D eigenvalue weighted by molar-refractivity contribution is 8.01. The highest BCUT2D eigenvalue weighted by Gasteiger charge is 2.53. The lowest BCUT2D eigenvalue weighted by Gasteiger charge is -2.52. The Kier molecular flexibility index (Phi) is 13.5. The van der Waals surface area contributed by atoms with Crippen molar-refractivity contribution in [3.05, 3.63) is 0 Å².